The fourth-order valence-electron chi connectivity index (χ4n) is 2.41. The van der Waals surface area contributed by atoms with Crippen molar-refractivity contribution in [2.45, 2.75) is 32.2 Å². The highest BCUT2D eigenvalue weighted by molar-refractivity contribution is 6.30. The maximum atomic E-state index is 9.62. The molecule has 2 rings (SSSR count). The molecule has 0 spiro atoms. The quantitative estimate of drug-likeness (QED) is 0.830. The van der Waals surface area contributed by atoms with E-state index in [2.05, 4.69) is 25.2 Å². The summed E-state index contributed by atoms with van der Waals surface area (Å²) in [5.41, 5.74) is 2.35. The van der Waals surface area contributed by atoms with Crippen molar-refractivity contribution in [2.75, 3.05) is 6.54 Å². The molecular weight excluding hydrogens is 282 g/mol. The van der Waals surface area contributed by atoms with Crippen LogP contribution in [0.1, 0.15) is 30.9 Å². The molecule has 0 amide bonds. The van der Waals surface area contributed by atoms with Gasteiger partial charge >= 0.3 is 0 Å². The zero-order valence-electron chi connectivity index (χ0n) is 12.5. The first-order valence-corrected chi connectivity index (χ1v) is 7.69. The van der Waals surface area contributed by atoms with E-state index in [0.717, 1.165) is 23.6 Å². The summed E-state index contributed by atoms with van der Waals surface area (Å²) >= 11 is 6.12. The molecule has 0 saturated carbocycles. The highest BCUT2D eigenvalue weighted by Crippen LogP contribution is 2.24. The van der Waals surface area contributed by atoms with Gasteiger partial charge < -0.3 is 10.4 Å². The fraction of sp³-hybridized carbons (Fsp3) is 0.333. The molecule has 0 saturated heterocycles. The van der Waals surface area contributed by atoms with Gasteiger partial charge in [-0.1, -0.05) is 49.7 Å². The van der Waals surface area contributed by atoms with E-state index in [0.29, 0.717) is 17.7 Å². The third-order valence-corrected chi connectivity index (χ3v) is 3.72. The lowest BCUT2D eigenvalue weighted by molar-refractivity contribution is 0.473. The summed E-state index contributed by atoms with van der Waals surface area (Å²) < 4.78 is 0. The Hall–Kier alpha value is -1.51. The summed E-state index contributed by atoms with van der Waals surface area (Å²) in [5.74, 6) is 0.641. The molecule has 2 aromatic carbocycles. The monoisotopic (exact) mass is 303 g/mol. The molecule has 1 atom stereocenters. The maximum absolute atomic E-state index is 9.62. The first-order chi connectivity index (χ1) is 10.0. The fourth-order valence-corrected chi connectivity index (χ4v) is 2.61. The number of nitrogens with one attached hydrogen (secondary N) is 1. The molecule has 1 unspecified atom stereocenters. The van der Waals surface area contributed by atoms with Crippen molar-refractivity contribution in [3.8, 4) is 5.75 Å². The SMILES string of the molecule is CC(C)NCC(Cc1cccc(O)c1)c1cccc(Cl)c1. The van der Waals surface area contributed by atoms with Crippen molar-refractivity contribution in [3.63, 3.8) is 0 Å². The molecular formula is C18H22ClNO. The molecule has 2 aromatic rings. The van der Waals surface area contributed by atoms with E-state index in [1.807, 2.05) is 36.4 Å². The van der Waals surface area contributed by atoms with Crippen LogP contribution < -0.4 is 5.32 Å². The van der Waals surface area contributed by atoms with Crippen LogP contribution >= 0.6 is 11.6 Å². The van der Waals surface area contributed by atoms with Crippen LogP contribution in [0, 0.1) is 0 Å². The predicted molar refractivity (Wildman–Crippen MR) is 89.1 cm³/mol. The van der Waals surface area contributed by atoms with Crippen LogP contribution in [0.3, 0.4) is 0 Å². The molecule has 0 aliphatic carbocycles. The largest absolute Gasteiger partial charge is 0.508 e. The standard InChI is InChI=1S/C18H22ClNO/c1-13(2)20-12-16(15-6-4-7-17(19)11-15)9-14-5-3-8-18(21)10-14/h3-8,10-11,13,16,20-21H,9,12H2,1-2H3. The van der Waals surface area contributed by atoms with Gasteiger partial charge in [0, 0.05) is 23.5 Å². The Morgan fingerprint density at radius 2 is 1.86 bits per heavy atom. The van der Waals surface area contributed by atoms with E-state index >= 15 is 0 Å². The van der Waals surface area contributed by atoms with Crippen LogP contribution in [0.2, 0.25) is 5.02 Å². The van der Waals surface area contributed by atoms with Crippen LogP contribution in [0.5, 0.6) is 5.75 Å². The zero-order chi connectivity index (χ0) is 15.2. The first-order valence-electron chi connectivity index (χ1n) is 7.31. The molecule has 0 fully saturated rings. The lowest BCUT2D eigenvalue weighted by Crippen LogP contribution is -2.29. The Morgan fingerprint density at radius 3 is 2.52 bits per heavy atom. The van der Waals surface area contributed by atoms with Crippen molar-refractivity contribution in [1.82, 2.24) is 5.32 Å². The van der Waals surface area contributed by atoms with Crippen molar-refractivity contribution in [3.05, 3.63) is 64.7 Å². The number of halogens is 1. The number of benzene rings is 2. The summed E-state index contributed by atoms with van der Waals surface area (Å²) in [4.78, 5) is 0. The van der Waals surface area contributed by atoms with E-state index in [1.54, 1.807) is 6.07 Å². The molecule has 2 nitrogen and oxygen atoms in total. The number of rotatable bonds is 6. The lowest BCUT2D eigenvalue weighted by Gasteiger charge is -2.20. The van der Waals surface area contributed by atoms with Gasteiger partial charge in [0.05, 0.1) is 0 Å². The average Bonchev–Trinajstić information content (AvgIpc) is 2.43. The third-order valence-electron chi connectivity index (χ3n) is 3.49. The van der Waals surface area contributed by atoms with Gasteiger partial charge in [-0.25, -0.2) is 0 Å². The van der Waals surface area contributed by atoms with E-state index in [9.17, 15) is 5.11 Å². The molecule has 0 aliphatic rings. The van der Waals surface area contributed by atoms with Crippen LogP contribution in [0.25, 0.3) is 0 Å². The van der Waals surface area contributed by atoms with Gasteiger partial charge in [0.2, 0.25) is 0 Å². The van der Waals surface area contributed by atoms with Gasteiger partial charge in [0.15, 0.2) is 0 Å². The zero-order valence-corrected chi connectivity index (χ0v) is 13.3. The van der Waals surface area contributed by atoms with Gasteiger partial charge in [-0.05, 0) is 41.8 Å². The molecule has 0 aliphatic heterocycles. The number of hydrogen-bond donors (Lipinski definition) is 2. The van der Waals surface area contributed by atoms with Gasteiger partial charge in [0.1, 0.15) is 5.75 Å². The van der Waals surface area contributed by atoms with E-state index in [-0.39, 0.29) is 0 Å². The Kier molecular flexibility index (Phi) is 5.66. The molecule has 0 aromatic heterocycles. The molecule has 0 heterocycles. The van der Waals surface area contributed by atoms with E-state index < -0.39 is 0 Å². The summed E-state index contributed by atoms with van der Waals surface area (Å²) in [7, 11) is 0. The lowest BCUT2D eigenvalue weighted by atomic mass is 9.91. The van der Waals surface area contributed by atoms with Crippen LogP contribution in [0.4, 0.5) is 0 Å². The number of aromatic hydroxyl groups is 1. The molecule has 0 radical (unpaired) electrons. The van der Waals surface area contributed by atoms with Crippen LogP contribution in [-0.2, 0) is 6.42 Å². The summed E-state index contributed by atoms with van der Waals surface area (Å²) in [6, 6.07) is 15.9. The predicted octanol–water partition coefficient (Wildman–Crippen LogP) is 4.37. The smallest absolute Gasteiger partial charge is 0.115 e. The van der Waals surface area contributed by atoms with Crippen LogP contribution in [-0.4, -0.2) is 17.7 Å². The first kappa shape index (κ1) is 15.9. The number of phenols is 1. The maximum Gasteiger partial charge on any atom is 0.115 e. The van der Waals surface area contributed by atoms with Crippen molar-refractivity contribution >= 4 is 11.6 Å². The van der Waals surface area contributed by atoms with Gasteiger partial charge in [0.25, 0.3) is 0 Å². The van der Waals surface area contributed by atoms with Gasteiger partial charge in [-0.3, -0.25) is 0 Å². The molecule has 0 bridgehead atoms. The van der Waals surface area contributed by atoms with Crippen LogP contribution in [0.15, 0.2) is 48.5 Å². The second-order valence-corrected chi connectivity index (χ2v) is 6.13. The number of hydrogen-bond acceptors (Lipinski definition) is 2. The van der Waals surface area contributed by atoms with Crippen molar-refractivity contribution < 1.29 is 5.11 Å². The Balaban J connectivity index is 2.19. The van der Waals surface area contributed by atoms with Gasteiger partial charge in [-0.2, -0.15) is 0 Å². The highest BCUT2D eigenvalue weighted by Gasteiger charge is 2.13. The summed E-state index contributed by atoms with van der Waals surface area (Å²) in [5, 5.41) is 13.9. The minimum atomic E-state index is 0.314. The molecule has 3 heteroatoms. The van der Waals surface area contributed by atoms with E-state index in [4.69, 9.17) is 11.6 Å². The molecule has 2 N–H and O–H groups in total. The third kappa shape index (κ3) is 5.07. The molecule has 112 valence electrons. The van der Waals surface area contributed by atoms with E-state index in [1.165, 1.54) is 5.56 Å². The highest BCUT2D eigenvalue weighted by atomic mass is 35.5. The Morgan fingerprint density at radius 1 is 1.10 bits per heavy atom. The second-order valence-electron chi connectivity index (χ2n) is 5.69. The Labute approximate surface area is 131 Å². The Bertz CT molecular complexity index is 583. The topological polar surface area (TPSA) is 32.3 Å². The minimum absolute atomic E-state index is 0.314. The number of phenolic OH excluding ortho intramolecular Hbond substituents is 1. The summed E-state index contributed by atoms with van der Waals surface area (Å²) in [6.07, 6.45) is 0.870. The van der Waals surface area contributed by atoms with Gasteiger partial charge in [-0.15, -0.1) is 0 Å². The molecule has 21 heavy (non-hydrogen) atoms. The summed E-state index contributed by atoms with van der Waals surface area (Å²) in [6.45, 7) is 5.17. The normalized spacial score (nSPS) is 12.6. The average molecular weight is 304 g/mol. The van der Waals surface area contributed by atoms with Crippen molar-refractivity contribution in [2.24, 2.45) is 0 Å². The minimum Gasteiger partial charge on any atom is -0.508 e. The van der Waals surface area contributed by atoms with Crippen molar-refractivity contribution in [1.29, 1.82) is 0 Å². The second kappa shape index (κ2) is 7.48.